The van der Waals surface area contributed by atoms with Gasteiger partial charge in [0.2, 0.25) is 5.91 Å². The van der Waals surface area contributed by atoms with Crippen molar-refractivity contribution in [2.45, 2.75) is 37.0 Å². The highest BCUT2D eigenvalue weighted by molar-refractivity contribution is 8.15. The highest BCUT2D eigenvalue weighted by Crippen LogP contribution is 2.31. The van der Waals surface area contributed by atoms with Crippen molar-refractivity contribution in [3.05, 3.63) is 65.2 Å². The Labute approximate surface area is 152 Å². The van der Waals surface area contributed by atoms with Crippen molar-refractivity contribution in [2.24, 2.45) is 0 Å². The van der Waals surface area contributed by atoms with E-state index in [4.69, 9.17) is 6.11 Å². The summed E-state index contributed by atoms with van der Waals surface area (Å²) in [5.41, 5.74) is 3.24. The van der Waals surface area contributed by atoms with Crippen molar-refractivity contribution in [3.63, 3.8) is 0 Å². The molecule has 2 aliphatic rings. The van der Waals surface area contributed by atoms with Crippen LogP contribution in [-0.2, 0) is 24.1 Å². The molecule has 0 bridgehead atoms. The van der Waals surface area contributed by atoms with Gasteiger partial charge in [-0.1, -0.05) is 54.2 Å². The minimum absolute atomic E-state index is 0.159. The summed E-state index contributed by atoms with van der Waals surface area (Å²) in [6.07, 6.45) is 3.09. The largest absolute Gasteiger partial charge is 0.490 e. The number of hydrogen-bond acceptors (Lipinski definition) is 4. The molecule has 2 amide bonds. The molecule has 0 aromatic heterocycles. The predicted molar refractivity (Wildman–Crippen MR) is 97.9 cm³/mol. The zero-order chi connectivity index (χ0) is 18.1. The molecule has 2 aliphatic heterocycles. The fourth-order valence-corrected chi connectivity index (χ4v) is 4.03. The Balaban J connectivity index is 1.46. The van der Waals surface area contributed by atoms with Gasteiger partial charge in [-0.05, 0) is 42.0 Å². The van der Waals surface area contributed by atoms with Crippen LogP contribution in [-0.4, -0.2) is 22.5 Å². The van der Waals surface area contributed by atoms with Gasteiger partial charge in [0.05, 0.1) is 6.60 Å². The van der Waals surface area contributed by atoms with Crippen LogP contribution in [0.1, 0.15) is 24.5 Å². The number of fused-ring (bicyclic) bond motifs is 1. The lowest BCUT2D eigenvalue weighted by molar-refractivity contribution is -0.118. The number of nitrogens with one attached hydrogen (secondary N) is 1. The minimum atomic E-state index is -1.48. The fourth-order valence-electron chi connectivity index (χ4n) is 3.28. The lowest BCUT2D eigenvalue weighted by atomic mass is 9.95. The van der Waals surface area contributed by atoms with Gasteiger partial charge < -0.3 is 4.74 Å². The summed E-state index contributed by atoms with van der Waals surface area (Å²) < 4.78 is 14.4. The normalized spacial score (nSPS) is 25.8. The van der Waals surface area contributed by atoms with Crippen LogP contribution in [0.25, 0.3) is 0 Å². The average Bonchev–Trinajstić information content (AvgIpc) is 2.87. The molecule has 0 radical (unpaired) electrons. The molecular formula is C20H19NO3S. The van der Waals surface area contributed by atoms with Crippen molar-refractivity contribution < 1.29 is 15.7 Å². The topological polar surface area (TPSA) is 55.4 Å². The number of thioether (sulfide) groups is 1. The second-order valence-corrected chi connectivity index (χ2v) is 7.42. The van der Waals surface area contributed by atoms with Gasteiger partial charge in [0.15, 0.2) is 0 Å². The minimum Gasteiger partial charge on any atom is -0.490 e. The second-order valence-electron chi connectivity index (χ2n) is 6.35. The smallest absolute Gasteiger partial charge is 0.286 e. The van der Waals surface area contributed by atoms with Crippen LogP contribution in [0.15, 0.2) is 48.5 Å². The van der Waals surface area contributed by atoms with Crippen molar-refractivity contribution in [3.8, 4) is 5.75 Å². The first kappa shape index (κ1) is 15.0. The lowest BCUT2D eigenvalue weighted by Gasteiger charge is -2.27. The Bertz CT molecular complexity index is 857. The van der Waals surface area contributed by atoms with E-state index in [0.717, 1.165) is 47.9 Å². The van der Waals surface area contributed by atoms with E-state index in [1.807, 2.05) is 36.4 Å². The maximum Gasteiger partial charge on any atom is 0.286 e. The number of amides is 2. The van der Waals surface area contributed by atoms with E-state index in [9.17, 15) is 9.59 Å². The third-order valence-electron chi connectivity index (χ3n) is 4.51. The molecule has 0 aliphatic carbocycles. The van der Waals surface area contributed by atoms with Gasteiger partial charge in [-0.2, -0.15) is 0 Å². The van der Waals surface area contributed by atoms with E-state index in [1.165, 1.54) is 5.56 Å². The maximum absolute atomic E-state index is 11.9. The van der Waals surface area contributed by atoms with E-state index in [0.29, 0.717) is 0 Å². The quantitative estimate of drug-likeness (QED) is 0.913. The summed E-state index contributed by atoms with van der Waals surface area (Å²) >= 11 is 0.746. The molecule has 1 saturated heterocycles. The highest BCUT2D eigenvalue weighted by Gasteiger charge is 2.31. The Kier molecular flexibility index (Phi) is 4.16. The summed E-state index contributed by atoms with van der Waals surface area (Å²) in [4.78, 5) is 23.2. The molecule has 2 aromatic carbocycles. The molecule has 0 spiro atoms. The SMILES string of the molecule is [2H][C@]1(Cc2ccc3c(c2)CC[C@H](Cc2ccccc2)O3)SC(=O)NC1=O. The summed E-state index contributed by atoms with van der Waals surface area (Å²) in [6.45, 7) is 0. The molecule has 2 atom stereocenters. The molecule has 2 heterocycles. The van der Waals surface area contributed by atoms with Gasteiger partial charge in [-0.15, -0.1) is 0 Å². The molecule has 0 saturated carbocycles. The van der Waals surface area contributed by atoms with Crippen LogP contribution >= 0.6 is 11.8 Å². The standard InChI is InChI=1S/C20H19NO3S/c22-19-18(25-20(23)21-19)12-14-6-9-17-15(10-14)7-8-16(24-17)11-13-4-2-1-3-5-13/h1-6,9-10,16,18H,7-8,11-12H2,(H,21,22,23)/t16-,18-/m1/s1/i18D. The van der Waals surface area contributed by atoms with Crippen molar-refractivity contribution >= 4 is 22.9 Å². The van der Waals surface area contributed by atoms with Gasteiger partial charge in [-0.3, -0.25) is 14.9 Å². The first-order valence-electron chi connectivity index (χ1n) is 8.89. The van der Waals surface area contributed by atoms with E-state index in [2.05, 4.69) is 17.4 Å². The van der Waals surface area contributed by atoms with Crippen molar-refractivity contribution in [2.75, 3.05) is 0 Å². The van der Waals surface area contributed by atoms with E-state index in [1.54, 1.807) is 0 Å². The zero-order valence-corrected chi connectivity index (χ0v) is 14.5. The van der Waals surface area contributed by atoms with Crippen LogP contribution in [0.5, 0.6) is 5.75 Å². The van der Waals surface area contributed by atoms with Crippen LogP contribution in [0.3, 0.4) is 0 Å². The third-order valence-corrected chi connectivity index (χ3v) is 5.37. The van der Waals surface area contributed by atoms with Crippen molar-refractivity contribution in [1.82, 2.24) is 5.32 Å². The molecule has 1 fully saturated rings. The number of ether oxygens (including phenoxy) is 1. The van der Waals surface area contributed by atoms with Gasteiger partial charge in [0.25, 0.3) is 5.24 Å². The molecular weight excluding hydrogens is 334 g/mol. The monoisotopic (exact) mass is 354 g/mol. The number of imide groups is 1. The summed E-state index contributed by atoms with van der Waals surface area (Å²) in [7, 11) is 0. The molecule has 5 heteroatoms. The van der Waals surface area contributed by atoms with Crippen LogP contribution in [0.4, 0.5) is 4.79 Å². The summed E-state index contributed by atoms with van der Waals surface area (Å²) in [5, 5.41) is 0.267. The lowest BCUT2D eigenvalue weighted by Crippen LogP contribution is -2.26. The number of carbonyl (C=O) groups is 2. The Morgan fingerprint density at radius 1 is 1.12 bits per heavy atom. The Hall–Kier alpha value is -2.27. The maximum atomic E-state index is 11.9. The second kappa shape index (κ2) is 6.92. The van der Waals surface area contributed by atoms with Crippen LogP contribution in [0, 0.1) is 0 Å². The highest BCUT2D eigenvalue weighted by atomic mass is 32.2. The molecule has 2 aromatic rings. The third kappa shape index (κ3) is 3.71. The van der Waals surface area contributed by atoms with E-state index in [-0.39, 0.29) is 12.5 Å². The van der Waals surface area contributed by atoms with Gasteiger partial charge in [-0.25, -0.2) is 0 Å². The summed E-state index contributed by atoms with van der Waals surface area (Å²) in [6, 6.07) is 16.1. The number of benzene rings is 2. The molecule has 1 N–H and O–H groups in total. The molecule has 25 heavy (non-hydrogen) atoms. The van der Waals surface area contributed by atoms with Crippen LogP contribution in [0.2, 0.25) is 0 Å². The fraction of sp³-hybridized carbons (Fsp3) is 0.300. The van der Waals surface area contributed by atoms with Gasteiger partial charge in [0.1, 0.15) is 11.9 Å². The first-order valence-corrected chi connectivity index (χ1v) is 9.20. The number of hydrogen-bond donors (Lipinski definition) is 1. The summed E-state index contributed by atoms with van der Waals surface area (Å²) in [5.74, 6) is 0.337. The molecule has 4 rings (SSSR count). The predicted octanol–water partition coefficient (Wildman–Crippen LogP) is 3.52. The zero-order valence-electron chi connectivity index (χ0n) is 14.7. The number of carbonyl (C=O) groups excluding carboxylic acids is 2. The molecule has 4 nitrogen and oxygen atoms in total. The first-order chi connectivity index (χ1) is 12.5. The Morgan fingerprint density at radius 2 is 1.96 bits per heavy atom. The number of rotatable bonds is 4. The Morgan fingerprint density at radius 3 is 2.72 bits per heavy atom. The van der Waals surface area contributed by atoms with Crippen molar-refractivity contribution in [1.29, 1.82) is 0 Å². The van der Waals surface area contributed by atoms with Crippen LogP contribution < -0.4 is 10.1 Å². The van der Waals surface area contributed by atoms with Gasteiger partial charge >= 0.3 is 0 Å². The molecule has 0 unspecified atom stereocenters. The van der Waals surface area contributed by atoms with E-state index < -0.39 is 16.4 Å². The number of aryl methyl sites for hydroxylation is 1. The molecule has 128 valence electrons. The average molecular weight is 354 g/mol. The van der Waals surface area contributed by atoms with E-state index >= 15 is 0 Å². The van der Waals surface area contributed by atoms with Gasteiger partial charge in [0, 0.05) is 6.42 Å².